The van der Waals surface area contributed by atoms with Crippen LogP contribution in [0.3, 0.4) is 0 Å². The summed E-state index contributed by atoms with van der Waals surface area (Å²) in [4.78, 5) is 16.9. The summed E-state index contributed by atoms with van der Waals surface area (Å²) in [6, 6.07) is 6.68. The lowest BCUT2D eigenvalue weighted by Crippen LogP contribution is -2.18. The average Bonchev–Trinajstić information content (AvgIpc) is 3.19. The fraction of sp³-hybridized carbons (Fsp3) is 0.400. The van der Waals surface area contributed by atoms with Gasteiger partial charge in [0.25, 0.3) is 5.91 Å². The van der Waals surface area contributed by atoms with Crippen LogP contribution in [0.1, 0.15) is 49.4 Å². The smallest absolute Gasteiger partial charge is 0.260 e. The average molecular weight is 439 g/mol. The highest BCUT2D eigenvalue weighted by molar-refractivity contribution is 7.86. The first-order valence-corrected chi connectivity index (χ1v) is 11.3. The highest BCUT2D eigenvalue weighted by Crippen LogP contribution is 2.27. The Morgan fingerprint density at radius 3 is 2.69 bits per heavy atom. The van der Waals surface area contributed by atoms with Crippen LogP contribution < -0.4 is 15.4 Å². The van der Waals surface area contributed by atoms with Gasteiger partial charge in [0, 0.05) is 11.8 Å². The van der Waals surface area contributed by atoms with Crippen molar-refractivity contribution in [3.8, 4) is 0 Å². The molecule has 0 saturated heterocycles. The fourth-order valence-electron chi connectivity index (χ4n) is 3.22. The summed E-state index contributed by atoms with van der Waals surface area (Å²) < 4.78 is 29.3. The van der Waals surface area contributed by atoms with E-state index in [0.717, 1.165) is 18.7 Å². The number of nitrogens with zero attached hydrogens (tertiary/aromatic N) is 1. The van der Waals surface area contributed by atoms with E-state index < -0.39 is 22.7 Å². The number of hydrogen-bond donors (Lipinski definition) is 3. The van der Waals surface area contributed by atoms with Crippen LogP contribution in [0.2, 0.25) is 5.02 Å². The van der Waals surface area contributed by atoms with E-state index in [0.29, 0.717) is 23.9 Å². The van der Waals surface area contributed by atoms with Crippen LogP contribution in [-0.4, -0.2) is 26.9 Å². The van der Waals surface area contributed by atoms with E-state index in [4.69, 9.17) is 11.6 Å². The number of amides is 1. The quantitative estimate of drug-likeness (QED) is 0.543. The molecule has 1 aliphatic rings. The molecule has 0 spiro atoms. The first-order chi connectivity index (χ1) is 14.0. The van der Waals surface area contributed by atoms with Gasteiger partial charge in [-0.2, -0.15) is 0 Å². The molecular weight excluding hydrogens is 415 g/mol. The van der Waals surface area contributed by atoms with E-state index >= 15 is 0 Å². The molecular formula is C20H24ClFN4O2S. The molecule has 2 aromatic rings. The molecule has 1 aromatic heterocycles. The predicted octanol–water partition coefficient (Wildman–Crippen LogP) is 4.97. The number of carbonyl (C=O) groups is 1. The molecule has 3 rings (SSSR count). The van der Waals surface area contributed by atoms with E-state index in [1.54, 1.807) is 12.1 Å². The van der Waals surface area contributed by atoms with Crippen LogP contribution in [0.25, 0.3) is 0 Å². The highest BCUT2D eigenvalue weighted by Gasteiger charge is 2.21. The third-order valence-electron chi connectivity index (χ3n) is 4.66. The number of pyridine rings is 1. The lowest BCUT2D eigenvalue weighted by atomic mass is 10.1. The molecule has 1 atom stereocenters. The van der Waals surface area contributed by atoms with Gasteiger partial charge in [-0.15, -0.1) is 0 Å². The molecule has 1 fully saturated rings. The van der Waals surface area contributed by atoms with Crippen molar-refractivity contribution in [3.63, 3.8) is 0 Å². The zero-order valence-corrected chi connectivity index (χ0v) is 17.7. The lowest BCUT2D eigenvalue weighted by molar-refractivity contribution is 0.102. The number of benzene rings is 1. The molecule has 156 valence electrons. The molecule has 0 bridgehead atoms. The Morgan fingerprint density at radius 1 is 1.28 bits per heavy atom. The van der Waals surface area contributed by atoms with Crippen LogP contribution in [-0.2, 0) is 11.0 Å². The summed E-state index contributed by atoms with van der Waals surface area (Å²) in [5.74, 6) is -0.428. The van der Waals surface area contributed by atoms with Crippen molar-refractivity contribution in [2.75, 3.05) is 21.1 Å². The molecule has 1 amide bonds. The number of anilines is 3. The lowest BCUT2D eigenvalue weighted by Gasteiger charge is -2.14. The first kappa shape index (κ1) is 21.5. The maximum atomic E-state index is 14.8. The second kappa shape index (κ2) is 10.0. The number of aromatic nitrogens is 1. The number of halogens is 2. The van der Waals surface area contributed by atoms with E-state index in [9.17, 15) is 13.4 Å². The fourth-order valence-corrected chi connectivity index (χ4v) is 4.33. The Kier molecular flexibility index (Phi) is 7.44. The van der Waals surface area contributed by atoms with Crippen molar-refractivity contribution in [2.45, 2.75) is 45.1 Å². The van der Waals surface area contributed by atoms with Crippen LogP contribution in [0, 0.1) is 5.82 Å². The third kappa shape index (κ3) is 5.67. The Hall–Kier alpha value is -2.19. The van der Waals surface area contributed by atoms with Crippen LogP contribution in [0.4, 0.5) is 21.6 Å². The second-order valence-corrected chi connectivity index (χ2v) is 8.66. The minimum atomic E-state index is -1.43. The normalized spacial score (nSPS) is 15.1. The molecule has 0 aliphatic heterocycles. The van der Waals surface area contributed by atoms with Gasteiger partial charge >= 0.3 is 0 Å². The molecule has 6 nitrogen and oxygen atoms in total. The largest absolute Gasteiger partial charge is 0.367 e. The third-order valence-corrected chi connectivity index (χ3v) is 6.20. The minimum Gasteiger partial charge on any atom is -0.367 e. The Labute approximate surface area is 177 Å². The maximum absolute atomic E-state index is 14.8. The van der Waals surface area contributed by atoms with Crippen molar-refractivity contribution in [1.29, 1.82) is 0 Å². The zero-order valence-electron chi connectivity index (χ0n) is 16.1. The predicted molar refractivity (Wildman–Crippen MR) is 116 cm³/mol. The molecule has 29 heavy (non-hydrogen) atoms. The van der Waals surface area contributed by atoms with Crippen molar-refractivity contribution >= 4 is 45.7 Å². The minimum absolute atomic E-state index is 0.0273. The monoisotopic (exact) mass is 438 g/mol. The van der Waals surface area contributed by atoms with Crippen LogP contribution in [0.5, 0.6) is 0 Å². The molecule has 3 N–H and O–H groups in total. The summed E-state index contributed by atoms with van der Waals surface area (Å²) in [7, 11) is -1.43. The summed E-state index contributed by atoms with van der Waals surface area (Å²) in [6.45, 7) is 1.87. The van der Waals surface area contributed by atoms with Crippen molar-refractivity contribution in [1.82, 2.24) is 4.98 Å². The van der Waals surface area contributed by atoms with Gasteiger partial charge in [-0.05, 0) is 43.5 Å². The molecule has 1 aliphatic carbocycles. The summed E-state index contributed by atoms with van der Waals surface area (Å²) in [6.07, 6.45) is 6.90. The van der Waals surface area contributed by atoms with Crippen molar-refractivity contribution < 1.29 is 13.4 Å². The van der Waals surface area contributed by atoms with Gasteiger partial charge in [-0.1, -0.05) is 31.4 Å². The van der Waals surface area contributed by atoms with Gasteiger partial charge < -0.3 is 15.4 Å². The number of rotatable bonds is 8. The Bertz CT molecular complexity index is 889. The van der Waals surface area contributed by atoms with Gasteiger partial charge in [0.15, 0.2) is 5.82 Å². The Balaban J connectivity index is 1.70. The number of hydrogen-bond acceptors (Lipinski definition) is 4. The molecule has 1 heterocycles. The molecule has 9 heteroatoms. The van der Waals surface area contributed by atoms with Gasteiger partial charge in [0.1, 0.15) is 16.8 Å². The van der Waals surface area contributed by atoms with Crippen molar-refractivity contribution in [3.05, 3.63) is 46.9 Å². The molecule has 1 aromatic carbocycles. The van der Waals surface area contributed by atoms with Gasteiger partial charge in [-0.25, -0.2) is 13.6 Å². The first-order valence-electron chi connectivity index (χ1n) is 9.65. The van der Waals surface area contributed by atoms with Crippen LogP contribution >= 0.6 is 11.6 Å². The van der Waals surface area contributed by atoms with Gasteiger partial charge in [0.05, 0.1) is 28.2 Å². The SMILES string of the molecule is CCCS(=O)Nc1ccc(Cl)c(C(=O)Nc2ccc(NC3CCCC3)nc2)c1F. The summed E-state index contributed by atoms with van der Waals surface area (Å²) in [5.41, 5.74) is 0.0919. The number of carbonyl (C=O) groups excluding carboxylic acids is 1. The van der Waals surface area contributed by atoms with E-state index in [1.807, 2.05) is 6.92 Å². The Morgan fingerprint density at radius 2 is 2.03 bits per heavy atom. The standard InChI is InChI=1S/C20H24ClFN4O2S/c1-2-11-29(28)26-16-9-8-15(21)18(19(16)22)20(27)25-14-7-10-17(23-12-14)24-13-5-3-4-6-13/h7-10,12-13,26H,2-6,11H2,1H3,(H,23,24)(H,25,27). The molecule has 0 radical (unpaired) electrons. The zero-order chi connectivity index (χ0) is 20.8. The topological polar surface area (TPSA) is 83.1 Å². The molecule has 1 unspecified atom stereocenters. The second-order valence-electron chi connectivity index (χ2n) is 6.95. The van der Waals surface area contributed by atoms with Crippen LogP contribution in [0.15, 0.2) is 30.5 Å². The van der Waals surface area contributed by atoms with E-state index in [1.165, 1.54) is 31.2 Å². The van der Waals surface area contributed by atoms with E-state index in [-0.39, 0.29) is 16.3 Å². The maximum Gasteiger partial charge on any atom is 0.260 e. The van der Waals surface area contributed by atoms with Crippen molar-refractivity contribution in [2.24, 2.45) is 0 Å². The highest BCUT2D eigenvalue weighted by atomic mass is 35.5. The number of nitrogens with one attached hydrogen (secondary N) is 3. The van der Waals surface area contributed by atoms with Gasteiger partial charge in [0.2, 0.25) is 0 Å². The summed E-state index contributed by atoms with van der Waals surface area (Å²) >= 11 is 6.05. The summed E-state index contributed by atoms with van der Waals surface area (Å²) in [5, 5.41) is 5.95. The van der Waals surface area contributed by atoms with E-state index in [2.05, 4.69) is 20.3 Å². The molecule has 1 saturated carbocycles. The van der Waals surface area contributed by atoms with Gasteiger partial charge in [-0.3, -0.25) is 4.79 Å².